The number of fused-ring (bicyclic) bond motifs is 2. The molecule has 0 spiro atoms. The number of nitrogens with zero attached hydrogens (tertiary/aromatic N) is 4. The summed E-state index contributed by atoms with van der Waals surface area (Å²) in [5, 5.41) is 3.80. The number of aryl methyl sites for hydroxylation is 2. The van der Waals surface area contributed by atoms with E-state index in [0.29, 0.717) is 40.5 Å². The largest absolute Gasteiger partial charge is 0.326 e. The molecule has 0 aliphatic rings. The van der Waals surface area contributed by atoms with Crippen molar-refractivity contribution < 1.29 is 4.79 Å². The number of anilines is 1. The maximum Gasteiger partial charge on any atom is 0.261 e. The Bertz CT molecular complexity index is 1340. The maximum atomic E-state index is 12.5. The SMILES string of the molecule is Cn1cnc2ccc(NC(=O)CCCn3cnc4ccccc4c3=O)cc2c1=O. The lowest BCUT2D eigenvalue weighted by Crippen LogP contribution is -2.21. The standard InChI is InChI=1S/C21H19N5O3/c1-25-12-22-18-9-8-14(11-16(18)20(25)28)24-19(27)7-4-10-26-13-23-17-6-3-2-5-15(17)21(26)29/h2-3,5-6,8-9,11-13H,4,7,10H2,1H3,(H,24,27). The van der Waals surface area contributed by atoms with Gasteiger partial charge in [-0.1, -0.05) is 12.1 Å². The van der Waals surface area contributed by atoms with Gasteiger partial charge in [0.05, 0.1) is 34.5 Å². The van der Waals surface area contributed by atoms with Crippen LogP contribution in [0.1, 0.15) is 12.8 Å². The molecule has 2 heterocycles. The quantitative estimate of drug-likeness (QED) is 0.563. The molecule has 0 saturated carbocycles. The molecule has 8 heteroatoms. The summed E-state index contributed by atoms with van der Waals surface area (Å²) in [6, 6.07) is 12.2. The number of amides is 1. The molecule has 4 aromatic rings. The van der Waals surface area contributed by atoms with Gasteiger partial charge in [-0.25, -0.2) is 9.97 Å². The van der Waals surface area contributed by atoms with Crippen molar-refractivity contribution in [2.24, 2.45) is 7.05 Å². The van der Waals surface area contributed by atoms with Gasteiger partial charge in [-0.15, -0.1) is 0 Å². The third-order valence-electron chi connectivity index (χ3n) is 4.74. The van der Waals surface area contributed by atoms with Crippen molar-refractivity contribution in [1.29, 1.82) is 0 Å². The Morgan fingerprint density at radius 3 is 2.59 bits per heavy atom. The Kier molecular flexibility index (Phi) is 4.90. The first kappa shape index (κ1) is 18.5. The fraction of sp³-hybridized carbons (Fsp3) is 0.190. The molecular weight excluding hydrogens is 370 g/mol. The first-order chi connectivity index (χ1) is 14.0. The number of hydrogen-bond donors (Lipinski definition) is 1. The molecule has 0 aliphatic carbocycles. The predicted molar refractivity (Wildman–Crippen MR) is 111 cm³/mol. The zero-order valence-electron chi connectivity index (χ0n) is 15.8. The summed E-state index contributed by atoms with van der Waals surface area (Å²) in [4.78, 5) is 45.4. The Morgan fingerprint density at radius 2 is 1.72 bits per heavy atom. The molecule has 146 valence electrons. The van der Waals surface area contributed by atoms with E-state index in [9.17, 15) is 14.4 Å². The zero-order chi connectivity index (χ0) is 20.4. The molecule has 0 bridgehead atoms. The van der Waals surface area contributed by atoms with Crippen LogP contribution in [-0.2, 0) is 18.4 Å². The van der Waals surface area contributed by atoms with E-state index < -0.39 is 0 Å². The summed E-state index contributed by atoms with van der Waals surface area (Å²) >= 11 is 0. The van der Waals surface area contributed by atoms with E-state index in [2.05, 4.69) is 15.3 Å². The summed E-state index contributed by atoms with van der Waals surface area (Å²) in [5.74, 6) is -0.188. The number of hydrogen-bond acceptors (Lipinski definition) is 5. The number of para-hydroxylation sites is 1. The number of benzene rings is 2. The second kappa shape index (κ2) is 7.67. The van der Waals surface area contributed by atoms with Crippen molar-refractivity contribution in [3.63, 3.8) is 0 Å². The van der Waals surface area contributed by atoms with Crippen LogP contribution in [0.5, 0.6) is 0 Å². The topological polar surface area (TPSA) is 98.9 Å². The number of rotatable bonds is 5. The monoisotopic (exact) mass is 389 g/mol. The third-order valence-corrected chi connectivity index (χ3v) is 4.74. The molecule has 1 N–H and O–H groups in total. The van der Waals surface area contributed by atoms with Gasteiger partial charge in [0.1, 0.15) is 0 Å². The van der Waals surface area contributed by atoms with Crippen LogP contribution in [0.3, 0.4) is 0 Å². The van der Waals surface area contributed by atoms with Crippen LogP contribution in [0.4, 0.5) is 5.69 Å². The molecule has 0 radical (unpaired) electrons. The third kappa shape index (κ3) is 3.77. The summed E-state index contributed by atoms with van der Waals surface area (Å²) in [7, 11) is 1.63. The number of carbonyl (C=O) groups is 1. The molecule has 0 fully saturated rings. The normalized spacial score (nSPS) is 11.1. The molecule has 1 amide bonds. The fourth-order valence-electron chi connectivity index (χ4n) is 3.19. The van der Waals surface area contributed by atoms with Gasteiger partial charge >= 0.3 is 0 Å². The van der Waals surface area contributed by atoms with Crippen LogP contribution >= 0.6 is 0 Å². The second-order valence-electron chi connectivity index (χ2n) is 6.80. The summed E-state index contributed by atoms with van der Waals surface area (Å²) < 4.78 is 2.91. The van der Waals surface area contributed by atoms with Crippen LogP contribution in [-0.4, -0.2) is 25.0 Å². The first-order valence-electron chi connectivity index (χ1n) is 9.22. The molecule has 0 atom stereocenters. The minimum atomic E-state index is -0.188. The van der Waals surface area contributed by atoms with Crippen LogP contribution in [0, 0.1) is 0 Å². The van der Waals surface area contributed by atoms with E-state index in [-0.39, 0.29) is 23.4 Å². The lowest BCUT2D eigenvalue weighted by atomic mass is 10.2. The number of aromatic nitrogens is 4. The van der Waals surface area contributed by atoms with Crippen LogP contribution in [0.15, 0.2) is 64.7 Å². The van der Waals surface area contributed by atoms with Crippen molar-refractivity contribution in [2.75, 3.05) is 5.32 Å². The van der Waals surface area contributed by atoms with Crippen LogP contribution < -0.4 is 16.4 Å². The molecule has 8 nitrogen and oxygen atoms in total. The molecule has 29 heavy (non-hydrogen) atoms. The first-order valence-corrected chi connectivity index (χ1v) is 9.22. The van der Waals surface area contributed by atoms with Crippen molar-refractivity contribution >= 4 is 33.4 Å². The van der Waals surface area contributed by atoms with Gasteiger partial charge in [-0.05, 0) is 36.8 Å². The number of carbonyl (C=O) groups excluding carboxylic acids is 1. The highest BCUT2D eigenvalue weighted by Gasteiger charge is 2.08. The van der Waals surface area contributed by atoms with E-state index in [1.54, 1.807) is 43.4 Å². The van der Waals surface area contributed by atoms with Crippen LogP contribution in [0.25, 0.3) is 21.8 Å². The van der Waals surface area contributed by atoms with Gasteiger partial charge in [0.25, 0.3) is 11.1 Å². The van der Waals surface area contributed by atoms with Crippen LogP contribution in [0.2, 0.25) is 0 Å². The highest BCUT2D eigenvalue weighted by molar-refractivity contribution is 5.93. The lowest BCUT2D eigenvalue weighted by molar-refractivity contribution is -0.116. The van der Waals surface area contributed by atoms with E-state index >= 15 is 0 Å². The van der Waals surface area contributed by atoms with Crippen molar-refractivity contribution in [2.45, 2.75) is 19.4 Å². The molecule has 2 aromatic carbocycles. The Balaban J connectivity index is 1.41. The zero-order valence-corrected chi connectivity index (χ0v) is 15.8. The van der Waals surface area contributed by atoms with E-state index in [1.807, 2.05) is 6.07 Å². The van der Waals surface area contributed by atoms with Gasteiger partial charge in [-0.3, -0.25) is 19.0 Å². The minimum Gasteiger partial charge on any atom is -0.326 e. The molecule has 4 rings (SSSR count). The smallest absolute Gasteiger partial charge is 0.261 e. The predicted octanol–water partition coefficient (Wildman–Crippen LogP) is 2.06. The number of nitrogens with one attached hydrogen (secondary N) is 1. The van der Waals surface area contributed by atoms with Gasteiger partial charge in [0.15, 0.2) is 0 Å². The molecule has 2 aromatic heterocycles. The maximum absolute atomic E-state index is 12.5. The van der Waals surface area contributed by atoms with Gasteiger partial charge in [0.2, 0.25) is 5.91 Å². The highest BCUT2D eigenvalue weighted by atomic mass is 16.2. The molecule has 0 aliphatic heterocycles. The molecular formula is C21H19N5O3. The van der Waals surface area contributed by atoms with Gasteiger partial charge in [0, 0.05) is 25.7 Å². The summed E-state index contributed by atoms with van der Waals surface area (Å²) in [6.07, 6.45) is 3.70. The average molecular weight is 389 g/mol. The van der Waals surface area contributed by atoms with Gasteiger partial charge in [-0.2, -0.15) is 0 Å². The molecule has 0 saturated heterocycles. The molecule has 0 unspecified atom stereocenters. The fourth-order valence-corrected chi connectivity index (χ4v) is 3.19. The Morgan fingerprint density at radius 1 is 0.966 bits per heavy atom. The minimum absolute atomic E-state index is 0.117. The second-order valence-corrected chi connectivity index (χ2v) is 6.80. The lowest BCUT2D eigenvalue weighted by Gasteiger charge is -2.08. The van der Waals surface area contributed by atoms with E-state index in [1.165, 1.54) is 21.8 Å². The summed E-state index contributed by atoms with van der Waals surface area (Å²) in [5.41, 5.74) is 1.48. The van der Waals surface area contributed by atoms with E-state index in [4.69, 9.17) is 0 Å². The van der Waals surface area contributed by atoms with Crippen molar-refractivity contribution in [1.82, 2.24) is 19.1 Å². The van der Waals surface area contributed by atoms with Crippen molar-refractivity contribution in [3.8, 4) is 0 Å². The van der Waals surface area contributed by atoms with Crippen molar-refractivity contribution in [3.05, 3.63) is 75.8 Å². The van der Waals surface area contributed by atoms with E-state index in [0.717, 1.165) is 0 Å². The van der Waals surface area contributed by atoms with Gasteiger partial charge < -0.3 is 9.88 Å². The summed E-state index contributed by atoms with van der Waals surface area (Å²) in [6.45, 7) is 0.395. The highest BCUT2D eigenvalue weighted by Crippen LogP contribution is 2.15. The average Bonchev–Trinajstić information content (AvgIpc) is 2.73. The Hall–Kier alpha value is -3.81. The Labute approximate surface area is 165 Å².